The number of nitrogens with one attached hydrogen (secondary N) is 1. The molecule has 5 nitrogen and oxygen atoms in total. The van der Waals surface area contributed by atoms with Crippen molar-refractivity contribution in [2.75, 3.05) is 26.6 Å². The lowest BCUT2D eigenvalue weighted by Gasteiger charge is -2.09. The highest BCUT2D eigenvalue weighted by molar-refractivity contribution is 8.76. The molecule has 0 unspecified atom stereocenters. The van der Waals surface area contributed by atoms with Crippen molar-refractivity contribution in [3.63, 3.8) is 0 Å². The second-order valence-electron chi connectivity index (χ2n) is 3.83. The zero-order chi connectivity index (χ0) is 15.5. The van der Waals surface area contributed by atoms with Crippen molar-refractivity contribution in [3.8, 4) is 11.5 Å². The number of carbonyl (C=O) groups is 1. The van der Waals surface area contributed by atoms with E-state index >= 15 is 0 Å². The Kier molecular flexibility index (Phi) is 8.61. The summed E-state index contributed by atoms with van der Waals surface area (Å²) in [6.07, 6.45) is 1.93. The third-order valence-corrected chi connectivity index (χ3v) is 4.28. The smallest absolute Gasteiger partial charge is 0.418 e. The first-order valence-corrected chi connectivity index (χ1v) is 8.56. The highest BCUT2D eigenvalue weighted by Crippen LogP contribution is 2.28. The van der Waals surface area contributed by atoms with Gasteiger partial charge in [0.2, 0.25) is 0 Å². The number of ether oxygens (including phenoxy) is 3. The first kappa shape index (κ1) is 17.6. The molecular formula is C14H19NO4S2. The van der Waals surface area contributed by atoms with Crippen LogP contribution in [-0.4, -0.2) is 32.7 Å². The van der Waals surface area contributed by atoms with E-state index in [9.17, 15) is 4.79 Å². The maximum absolute atomic E-state index is 11.1. The van der Waals surface area contributed by atoms with Gasteiger partial charge in [0, 0.05) is 16.7 Å². The Hall–Kier alpha value is -1.47. The molecule has 0 saturated carbocycles. The molecule has 0 aliphatic heterocycles. The van der Waals surface area contributed by atoms with Crippen LogP contribution in [0.1, 0.15) is 5.56 Å². The fraction of sp³-hybridized carbons (Fsp3) is 0.357. The van der Waals surface area contributed by atoms with Crippen LogP contribution < -0.4 is 14.2 Å². The van der Waals surface area contributed by atoms with E-state index in [4.69, 9.17) is 14.2 Å². The van der Waals surface area contributed by atoms with Crippen LogP contribution >= 0.6 is 21.8 Å². The third-order valence-electron chi connectivity index (χ3n) is 2.44. The SMILES string of the molecule is C=CCOC(=O)NSSCCc1ccc(OC)c(OC)c1. The van der Waals surface area contributed by atoms with Crippen molar-refractivity contribution in [1.29, 1.82) is 0 Å². The van der Waals surface area contributed by atoms with Crippen molar-refractivity contribution in [2.45, 2.75) is 6.42 Å². The molecule has 0 heterocycles. The molecule has 0 aliphatic rings. The number of benzene rings is 1. The fourth-order valence-electron chi connectivity index (χ4n) is 1.46. The van der Waals surface area contributed by atoms with E-state index in [0.717, 1.165) is 29.2 Å². The maximum atomic E-state index is 11.1. The normalized spacial score (nSPS) is 9.81. The summed E-state index contributed by atoms with van der Waals surface area (Å²) in [5.74, 6) is 2.29. The second kappa shape index (κ2) is 10.3. The van der Waals surface area contributed by atoms with E-state index < -0.39 is 6.09 Å². The lowest BCUT2D eigenvalue weighted by molar-refractivity contribution is 0.166. The van der Waals surface area contributed by atoms with E-state index in [1.807, 2.05) is 18.2 Å². The van der Waals surface area contributed by atoms with E-state index in [2.05, 4.69) is 11.3 Å². The van der Waals surface area contributed by atoms with Crippen LogP contribution in [-0.2, 0) is 11.2 Å². The molecule has 21 heavy (non-hydrogen) atoms. The second-order valence-corrected chi connectivity index (χ2v) is 6.06. The zero-order valence-electron chi connectivity index (χ0n) is 12.1. The van der Waals surface area contributed by atoms with Crippen molar-refractivity contribution in [2.24, 2.45) is 0 Å². The molecule has 0 radical (unpaired) electrons. The summed E-state index contributed by atoms with van der Waals surface area (Å²) < 4.78 is 17.8. The van der Waals surface area contributed by atoms with E-state index in [0.29, 0.717) is 0 Å². The van der Waals surface area contributed by atoms with Gasteiger partial charge in [0.25, 0.3) is 0 Å². The molecule has 0 saturated heterocycles. The maximum Gasteiger partial charge on any atom is 0.418 e. The van der Waals surface area contributed by atoms with Crippen LogP contribution in [0, 0.1) is 0 Å². The van der Waals surface area contributed by atoms with E-state index in [1.54, 1.807) is 25.0 Å². The van der Waals surface area contributed by atoms with Gasteiger partial charge in [-0.15, -0.1) is 0 Å². The first-order valence-electron chi connectivity index (χ1n) is 6.24. The summed E-state index contributed by atoms with van der Waals surface area (Å²) in [6.45, 7) is 3.68. The first-order chi connectivity index (χ1) is 10.2. The number of hydrogen-bond donors (Lipinski definition) is 1. The Morgan fingerprint density at radius 2 is 2.10 bits per heavy atom. The highest BCUT2D eigenvalue weighted by Gasteiger charge is 2.05. The van der Waals surface area contributed by atoms with Crippen molar-refractivity contribution in [3.05, 3.63) is 36.4 Å². The molecule has 7 heteroatoms. The van der Waals surface area contributed by atoms with Crippen LogP contribution in [0.15, 0.2) is 30.9 Å². The number of carbonyl (C=O) groups excluding carboxylic acids is 1. The van der Waals surface area contributed by atoms with Gasteiger partial charge in [0.05, 0.1) is 14.2 Å². The number of aryl methyl sites for hydroxylation is 1. The summed E-state index contributed by atoms with van der Waals surface area (Å²) in [6, 6.07) is 5.84. The van der Waals surface area contributed by atoms with Crippen LogP contribution in [0.5, 0.6) is 11.5 Å². The van der Waals surface area contributed by atoms with Gasteiger partial charge in [-0.1, -0.05) is 29.5 Å². The molecule has 0 fully saturated rings. The van der Waals surface area contributed by atoms with Crippen LogP contribution in [0.4, 0.5) is 4.79 Å². The zero-order valence-corrected chi connectivity index (χ0v) is 13.7. The molecule has 116 valence electrons. The van der Waals surface area contributed by atoms with Gasteiger partial charge in [-0.3, -0.25) is 4.72 Å². The topological polar surface area (TPSA) is 56.8 Å². The van der Waals surface area contributed by atoms with E-state index in [1.165, 1.54) is 17.1 Å². The molecule has 0 aromatic heterocycles. The molecule has 1 aromatic carbocycles. The largest absolute Gasteiger partial charge is 0.493 e. The van der Waals surface area contributed by atoms with Gasteiger partial charge < -0.3 is 14.2 Å². The lowest BCUT2D eigenvalue weighted by Crippen LogP contribution is -2.16. The minimum atomic E-state index is -0.460. The van der Waals surface area contributed by atoms with Gasteiger partial charge in [-0.2, -0.15) is 0 Å². The predicted octanol–water partition coefficient (Wildman–Crippen LogP) is 3.45. The van der Waals surface area contributed by atoms with Crippen LogP contribution in [0.2, 0.25) is 0 Å². The molecule has 0 bridgehead atoms. The molecule has 1 amide bonds. The van der Waals surface area contributed by atoms with E-state index in [-0.39, 0.29) is 6.61 Å². The quantitative estimate of drug-likeness (QED) is 0.324. The summed E-state index contributed by atoms with van der Waals surface area (Å²) in [5.41, 5.74) is 1.15. The molecule has 1 N–H and O–H groups in total. The summed E-state index contributed by atoms with van der Waals surface area (Å²) in [7, 11) is 6.02. The lowest BCUT2D eigenvalue weighted by atomic mass is 10.1. The summed E-state index contributed by atoms with van der Waals surface area (Å²) in [5, 5.41) is 0. The monoisotopic (exact) mass is 329 g/mol. The van der Waals surface area contributed by atoms with Crippen molar-refractivity contribution < 1.29 is 19.0 Å². The minimum Gasteiger partial charge on any atom is -0.493 e. The summed E-state index contributed by atoms with van der Waals surface area (Å²) >= 11 is 0. The standard InChI is InChI=1S/C14H19NO4S2/c1-4-8-19-14(16)15-21-20-9-7-11-5-6-12(17-2)13(10-11)18-3/h4-6,10H,1,7-9H2,2-3H3,(H,15,16). The summed E-state index contributed by atoms with van der Waals surface area (Å²) in [4.78, 5) is 11.1. The number of methoxy groups -OCH3 is 2. The Morgan fingerprint density at radius 3 is 2.76 bits per heavy atom. The third kappa shape index (κ3) is 6.68. The molecule has 1 aromatic rings. The minimum absolute atomic E-state index is 0.211. The molecular weight excluding hydrogens is 310 g/mol. The Labute approximate surface area is 132 Å². The average Bonchev–Trinajstić information content (AvgIpc) is 2.52. The predicted molar refractivity (Wildman–Crippen MR) is 88.0 cm³/mol. The van der Waals surface area contributed by atoms with Crippen LogP contribution in [0.25, 0.3) is 0 Å². The van der Waals surface area contributed by atoms with Gasteiger partial charge in [0.15, 0.2) is 11.5 Å². The number of hydrogen-bond acceptors (Lipinski definition) is 6. The Bertz CT molecular complexity index is 468. The highest BCUT2D eigenvalue weighted by atomic mass is 33.1. The van der Waals surface area contributed by atoms with Crippen molar-refractivity contribution in [1.82, 2.24) is 4.72 Å². The Balaban J connectivity index is 2.26. The number of amides is 1. The molecule has 0 aliphatic carbocycles. The molecule has 0 spiro atoms. The van der Waals surface area contributed by atoms with Gasteiger partial charge in [-0.25, -0.2) is 4.79 Å². The molecule has 0 atom stereocenters. The average molecular weight is 329 g/mol. The van der Waals surface area contributed by atoms with Gasteiger partial charge >= 0.3 is 6.09 Å². The molecule has 1 rings (SSSR count). The Morgan fingerprint density at radius 1 is 1.33 bits per heavy atom. The van der Waals surface area contributed by atoms with Gasteiger partial charge in [0.1, 0.15) is 6.61 Å². The number of rotatable bonds is 9. The fourth-order valence-corrected chi connectivity index (χ4v) is 2.93. The van der Waals surface area contributed by atoms with Crippen LogP contribution in [0.3, 0.4) is 0 Å². The van der Waals surface area contributed by atoms with Crippen molar-refractivity contribution >= 4 is 27.9 Å². The van der Waals surface area contributed by atoms with Gasteiger partial charge in [-0.05, 0) is 24.1 Å².